The van der Waals surface area contributed by atoms with Gasteiger partial charge in [0.05, 0.1) is 6.42 Å². The number of carboxylic acids is 1. The molecule has 0 atom stereocenters. The molecule has 1 aromatic heterocycles. The number of aromatic nitrogens is 1. The lowest BCUT2D eigenvalue weighted by Gasteiger charge is -2.20. The zero-order valence-corrected chi connectivity index (χ0v) is 11.0. The Balaban J connectivity index is 2.12. The fourth-order valence-corrected chi connectivity index (χ4v) is 3.57. The van der Waals surface area contributed by atoms with Gasteiger partial charge < -0.3 is 9.67 Å². The molecule has 102 valence electrons. The Morgan fingerprint density at radius 3 is 2.68 bits per heavy atom. The summed E-state index contributed by atoms with van der Waals surface area (Å²) in [5, 5.41) is 8.95. The molecule has 1 heterocycles. The van der Waals surface area contributed by atoms with Crippen molar-refractivity contribution >= 4 is 5.97 Å². The molecular weight excluding hydrogens is 242 g/mol. The molecule has 0 unspecified atom stereocenters. The van der Waals surface area contributed by atoms with Crippen molar-refractivity contribution < 1.29 is 9.90 Å². The monoisotopic (exact) mass is 261 g/mol. The van der Waals surface area contributed by atoms with Gasteiger partial charge >= 0.3 is 5.97 Å². The van der Waals surface area contributed by atoms with Crippen LogP contribution in [0.15, 0.2) is 10.9 Å². The fourth-order valence-electron chi connectivity index (χ4n) is 3.57. The van der Waals surface area contributed by atoms with E-state index in [-0.39, 0.29) is 12.0 Å². The summed E-state index contributed by atoms with van der Waals surface area (Å²) in [6, 6.07) is 2.14. The molecule has 0 aliphatic heterocycles. The zero-order chi connectivity index (χ0) is 13.4. The minimum absolute atomic E-state index is 0.0602. The third-order valence-electron chi connectivity index (χ3n) is 4.39. The topological polar surface area (TPSA) is 59.3 Å². The standard InChI is InChI=1S/C15H19NO3/c17-14(18)9-11-8-10-4-3-7-13(10)16(15(11)19)12-5-1-2-6-12/h8,12H,1-7,9H2,(H,17,18). The van der Waals surface area contributed by atoms with E-state index >= 15 is 0 Å². The van der Waals surface area contributed by atoms with Gasteiger partial charge in [-0.05, 0) is 43.7 Å². The van der Waals surface area contributed by atoms with Gasteiger partial charge in [-0.25, -0.2) is 0 Å². The highest BCUT2D eigenvalue weighted by atomic mass is 16.4. The molecule has 3 rings (SSSR count). The second-order valence-corrected chi connectivity index (χ2v) is 5.68. The van der Waals surface area contributed by atoms with E-state index in [0.717, 1.165) is 32.1 Å². The van der Waals surface area contributed by atoms with Gasteiger partial charge in [0.15, 0.2) is 0 Å². The summed E-state index contributed by atoms with van der Waals surface area (Å²) in [4.78, 5) is 23.5. The normalized spacial score (nSPS) is 18.7. The molecule has 2 aliphatic carbocycles. The summed E-state index contributed by atoms with van der Waals surface area (Å²) >= 11 is 0. The Bertz CT molecular complexity index is 567. The van der Waals surface area contributed by atoms with Gasteiger partial charge in [0.1, 0.15) is 0 Å². The highest BCUT2D eigenvalue weighted by Crippen LogP contribution is 2.32. The summed E-state index contributed by atoms with van der Waals surface area (Å²) in [5.41, 5.74) is 2.77. The van der Waals surface area contributed by atoms with Crippen molar-refractivity contribution in [3.8, 4) is 0 Å². The minimum Gasteiger partial charge on any atom is -0.481 e. The molecule has 0 bridgehead atoms. The smallest absolute Gasteiger partial charge is 0.308 e. The first-order valence-electron chi connectivity index (χ1n) is 7.15. The van der Waals surface area contributed by atoms with Gasteiger partial charge in [0, 0.05) is 17.3 Å². The van der Waals surface area contributed by atoms with Gasteiger partial charge in [-0.3, -0.25) is 9.59 Å². The van der Waals surface area contributed by atoms with Crippen molar-refractivity contribution in [2.45, 2.75) is 57.4 Å². The molecule has 1 N–H and O–H groups in total. The van der Waals surface area contributed by atoms with Crippen molar-refractivity contribution in [3.05, 3.63) is 33.2 Å². The largest absolute Gasteiger partial charge is 0.481 e. The van der Waals surface area contributed by atoms with Crippen LogP contribution in [0.1, 0.15) is 55.0 Å². The number of rotatable bonds is 3. The molecule has 1 saturated carbocycles. The second kappa shape index (κ2) is 4.83. The first kappa shape index (κ1) is 12.5. The number of carbonyl (C=O) groups is 1. The summed E-state index contributed by atoms with van der Waals surface area (Å²) in [7, 11) is 0. The van der Waals surface area contributed by atoms with Crippen molar-refractivity contribution in [1.29, 1.82) is 0 Å². The molecule has 2 aliphatic rings. The predicted molar refractivity (Wildman–Crippen MR) is 71.6 cm³/mol. The van der Waals surface area contributed by atoms with E-state index in [1.165, 1.54) is 24.1 Å². The average Bonchev–Trinajstić information content (AvgIpc) is 2.99. The van der Waals surface area contributed by atoms with E-state index < -0.39 is 5.97 Å². The van der Waals surface area contributed by atoms with Crippen LogP contribution in [-0.2, 0) is 24.1 Å². The Kier molecular flexibility index (Phi) is 3.17. The van der Waals surface area contributed by atoms with Crippen LogP contribution in [0.3, 0.4) is 0 Å². The fraction of sp³-hybridized carbons (Fsp3) is 0.600. The van der Waals surface area contributed by atoms with Crippen LogP contribution in [-0.4, -0.2) is 15.6 Å². The third kappa shape index (κ3) is 2.20. The van der Waals surface area contributed by atoms with E-state index in [1.807, 2.05) is 10.6 Å². The number of hydrogen-bond acceptors (Lipinski definition) is 2. The number of aliphatic carboxylic acids is 1. The van der Waals surface area contributed by atoms with Crippen LogP contribution in [0.5, 0.6) is 0 Å². The van der Waals surface area contributed by atoms with Crippen molar-refractivity contribution in [1.82, 2.24) is 4.57 Å². The Morgan fingerprint density at radius 2 is 2.00 bits per heavy atom. The van der Waals surface area contributed by atoms with Gasteiger partial charge in [-0.1, -0.05) is 12.8 Å². The maximum atomic E-state index is 12.6. The summed E-state index contributed by atoms with van der Waals surface area (Å²) in [5.74, 6) is -0.923. The minimum atomic E-state index is -0.923. The maximum Gasteiger partial charge on any atom is 0.308 e. The molecule has 0 spiro atoms. The first-order chi connectivity index (χ1) is 9.16. The van der Waals surface area contributed by atoms with Gasteiger partial charge in [-0.15, -0.1) is 0 Å². The van der Waals surface area contributed by atoms with E-state index in [1.54, 1.807) is 0 Å². The zero-order valence-electron chi connectivity index (χ0n) is 11.0. The van der Waals surface area contributed by atoms with Crippen molar-refractivity contribution in [2.75, 3.05) is 0 Å². The Morgan fingerprint density at radius 1 is 1.26 bits per heavy atom. The molecule has 19 heavy (non-hydrogen) atoms. The summed E-state index contributed by atoms with van der Waals surface area (Å²) in [6.07, 6.45) is 7.34. The number of hydrogen-bond donors (Lipinski definition) is 1. The summed E-state index contributed by atoms with van der Waals surface area (Å²) in [6.45, 7) is 0. The quantitative estimate of drug-likeness (QED) is 0.906. The predicted octanol–water partition coefficient (Wildman–Crippen LogP) is 2.08. The van der Waals surface area contributed by atoms with E-state index in [9.17, 15) is 9.59 Å². The van der Waals surface area contributed by atoms with Gasteiger partial charge in [-0.2, -0.15) is 0 Å². The van der Waals surface area contributed by atoms with E-state index in [0.29, 0.717) is 11.6 Å². The molecular formula is C15H19NO3. The number of fused-ring (bicyclic) bond motifs is 1. The lowest BCUT2D eigenvalue weighted by Crippen LogP contribution is -2.30. The second-order valence-electron chi connectivity index (χ2n) is 5.68. The molecule has 0 amide bonds. The first-order valence-corrected chi connectivity index (χ1v) is 7.15. The molecule has 4 nitrogen and oxygen atoms in total. The molecule has 0 aromatic carbocycles. The van der Waals surface area contributed by atoms with Gasteiger partial charge in [0.2, 0.25) is 0 Å². The van der Waals surface area contributed by atoms with Crippen LogP contribution in [0.25, 0.3) is 0 Å². The molecule has 1 aromatic rings. The molecule has 4 heteroatoms. The molecule has 0 radical (unpaired) electrons. The highest BCUT2D eigenvalue weighted by molar-refractivity contribution is 5.70. The summed E-state index contributed by atoms with van der Waals surface area (Å²) < 4.78 is 1.94. The Hall–Kier alpha value is -1.58. The maximum absolute atomic E-state index is 12.6. The van der Waals surface area contributed by atoms with Crippen molar-refractivity contribution in [2.24, 2.45) is 0 Å². The van der Waals surface area contributed by atoms with Crippen LogP contribution in [0, 0.1) is 0 Å². The lowest BCUT2D eigenvalue weighted by molar-refractivity contribution is -0.136. The van der Waals surface area contributed by atoms with Gasteiger partial charge in [0.25, 0.3) is 5.56 Å². The van der Waals surface area contributed by atoms with E-state index in [4.69, 9.17) is 5.11 Å². The average molecular weight is 261 g/mol. The van der Waals surface area contributed by atoms with Crippen LogP contribution in [0.4, 0.5) is 0 Å². The van der Waals surface area contributed by atoms with Crippen LogP contribution >= 0.6 is 0 Å². The van der Waals surface area contributed by atoms with E-state index in [2.05, 4.69) is 0 Å². The number of carboxylic acid groups (broad SMARTS) is 1. The van der Waals surface area contributed by atoms with Crippen LogP contribution < -0.4 is 5.56 Å². The highest BCUT2D eigenvalue weighted by Gasteiger charge is 2.26. The molecule has 0 saturated heterocycles. The Labute approximate surface area is 112 Å². The molecule has 1 fully saturated rings. The number of aryl methyl sites for hydroxylation is 1. The number of nitrogens with zero attached hydrogens (tertiary/aromatic N) is 1. The third-order valence-corrected chi connectivity index (χ3v) is 4.39. The van der Waals surface area contributed by atoms with Crippen molar-refractivity contribution in [3.63, 3.8) is 0 Å². The van der Waals surface area contributed by atoms with Crippen LogP contribution in [0.2, 0.25) is 0 Å². The number of pyridine rings is 1. The SMILES string of the molecule is O=C(O)Cc1cc2c(n(C3CCCC3)c1=O)CCC2. The lowest BCUT2D eigenvalue weighted by atomic mass is 10.1.